The number of urea groups is 1. The van der Waals surface area contributed by atoms with Crippen LogP contribution in [0.1, 0.15) is 32.1 Å². The Morgan fingerprint density at radius 2 is 1.54 bits per heavy atom. The number of hydrogen-bond acceptors (Lipinski definition) is 2. The Morgan fingerprint density at radius 3 is 2.21 bits per heavy atom. The second-order valence-corrected chi connectivity index (χ2v) is 6.08. The largest absolute Gasteiger partial charge is 0.399 e. The fourth-order valence-electron chi connectivity index (χ4n) is 2.96. The zero-order valence-electron chi connectivity index (χ0n) is 13.7. The first kappa shape index (κ1) is 16.1. The lowest BCUT2D eigenvalue weighted by atomic mass is 9.96. The van der Waals surface area contributed by atoms with Crippen molar-refractivity contribution >= 4 is 23.1 Å². The summed E-state index contributed by atoms with van der Waals surface area (Å²) in [6, 6.07) is 16.8. The highest BCUT2D eigenvalue weighted by molar-refractivity contribution is 5.99. The number of nitrogens with zero attached hydrogens (tertiary/aromatic N) is 1. The van der Waals surface area contributed by atoms with E-state index >= 15 is 0 Å². The van der Waals surface area contributed by atoms with E-state index in [0.717, 1.165) is 24.2 Å². The Hall–Kier alpha value is -2.75. The zero-order chi connectivity index (χ0) is 16.8. The quantitative estimate of drug-likeness (QED) is 0.785. The Bertz CT molecular complexity index is 699. The van der Waals surface area contributed by atoms with Crippen LogP contribution in [-0.4, -0.2) is 6.03 Å². The summed E-state index contributed by atoms with van der Waals surface area (Å²) in [5.41, 5.74) is 9.37. The summed E-state index contributed by atoms with van der Waals surface area (Å²) < 4.78 is 0. The van der Waals surface area contributed by atoms with Crippen LogP contribution < -0.4 is 16.0 Å². The molecule has 2 aromatic carbocycles. The summed E-state index contributed by atoms with van der Waals surface area (Å²) >= 11 is 0. The standard InChI is InChI=1S/C20H23N3O/c21-17-11-13-19(14-12-17)23(18-9-5-2-6-10-18)20(24)22-15-16-7-3-1-4-8-16/h2,5-6,9-15H,1,3-4,7-8,21H2,(H,22,24). The highest BCUT2D eigenvalue weighted by atomic mass is 16.2. The highest BCUT2D eigenvalue weighted by Gasteiger charge is 2.17. The molecule has 0 radical (unpaired) electrons. The van der Waals surface area contributed by atoms with E-state index in [0.29, 0.717) is 5.69 Å². The lowest BCUT2D eigenvalue weighted by Crippen LogP contribution is -2.34. The van der Waals surface area contributed by atoms with Crippen LogP contribution in [-0.2, 0) is 0 Å². The molecule has 0 bridgehead atoms. The molecule has 2 amide bonds. The van der Waals surface area contributed by atoms with Gasteiger partial charge in [0.05, 0.1) is 11.4 Å². The van der Waals surface area contributed by atoms with Crippen LogP contribution >= 0.6 is 0 Å². The van der Waals surface area contributed by atoms with Crippen molar-refractivity contribution in [3.05, 3.63) is 66.4 Å². The minimum atomic E-state index is -0.163. The maximum atomic E-state index is 12.8. The van der Waals surface area contributed by atoms with Gasteiger partial charge in [-0.15, -0.1) is 0 Å². The van der Waals surface area contributed by atoms with Crippen molar-refractivity contribution in [1.82, 2.24) is 5.32 Å². The van der Waals surface area contributed by atoms with E-state index in [9.17, 15) is 4.79 Å². The number of amides is 2. The minimum absolute atomic E-state index is 0.163. The van der Waals surface area contributed by atoms with E-state index in [1.807, 2.05) is 48.7 Å². The van der Waals surface area contributed by atoms with Crippen LogP contribution in [0.5, 0.6) is 0 Å². The lowest BCUT2D eigenvalue weighted by molar-refractivity contribution is 0.251. The fraction of sp³-hybridized carbons (Fsp3) is 0.250. The molecule has 4 heteroatoms. The van der Waals surface area contributed by atoms with Gasteiger partial charge < -0.3 is 11.1 Å². The summed E-state index contributed by atoms with van der Waals surface area (Å²) in [4.78, 5) is 14.5. The molecule has 1 saturated carbocycles. The molecule has 0 aliphatic heterocycles. The SMILES string of the molecule is Nc1ccc(N(C(=O)NC=C2CCCCC2)c2ccccc2)cc1. The van der Waals surface area contributed by atoms with Gasteiger partial charge in [-0.25, -0.2) is 4.79 Å². The van der Waals surface area contributed by atoms with E-state index in [1.54, 1.807) is 17.0 Å². The van der Waals surface area contributed by atoms with E-state index < -0.39 is 0 Å². The molecule has 0 spiro atoms. The van der Waals surface area contributed by atoms with Crippen LogP contribution in [0.15, 0.2) is 66.4 Å². The highest BCUT2D eigenvalue weighted by Crippen LogP contribution is 2.26. The molecule has 0 aromatic heterocycles. The van der Waals surface area contributed by atoms with Gasteiger partial charge in [0.1, 0.15) is 0 Å². The Balaban J connectivity index is 1.84. The first-order valence-electron chi connectivity index (χ1n) is 8.43. The van der Waals surface area contributed by atoms with Gasteiger partial charge >= 0.3 is 6.03 Å². The van der Waals surface area contributed by atoms with Gasteiger partial charge in [-0.1, -0.05) is 30.2 Å². The third-order valence-electron chi connectivity index (χ3n) is 4.26. The number of nitrogen functional groups attached to an aromatic ring is 1. The van der Waals surface area contributed by atoms with Crippen LogP contribution in [0.25, 0.3) is 0 Å². The molecular formula is C20H23N3O. The molecule has 1 aliphatic carbocycles. The fourth-order valence-corrected chi connectivity index (χ4v) is 2.96. The van der Waals surface area contributed by atoms with E-state index in [2.05, 4.69) is 5.32 Å². The molecule has 1 fully saturated rings. The summed E-state index contributed by atoms with van der Waals surface area (Å²) in [6.07, 6.45) is 7.74. The molecule has 24 heavy (non-hydrogen) atoms. The van der Waals surface area contributed by atoms with Crippen LogP contribution in [0.2, 0.25) is 0 Å². The van der Waals surface area contributed by atoms with Gasteiger partial charge in [0.15, 0.2) is 0 Å². The predicted octanol–water partition coefficient (Wildman–Crippen LogP) is 4.96. The number of rotatable bonds is 3. The average molecular weight is 321 g/mol. The number of allylic oxidation sites excluding steroid dienone is 1. The van der Waals surface area contributed by atoms with Crippen molar-refractivity contribution in [2.24, 2.45) is 0 Å². The number of nitrogens with two attached hydrogens (primary N) is 1. The van der Waals surface area contributed by atoms with Crippen molar-refractivity contribution in [3.63, 3.8) is 0 Å². The summed E-state index contributed by atoms with van der Waals surface area (Å²) in [7, 11) is 0. The molecule has 0 atom stereocenters. The van der Waals surface area contributed by atoms with Gasteiger partial charge in [0, 0.05) is 11.9 Å². The van der Waals surface area contributed by atoms with E-state index in [4.69, 9.17) is 5.73 Å². The number of nitrogens with one attached hydrogen (secondary N) is 1. The van der Waals surface area contributed by atoms with Gasteiger partial charge in [-0.05, 0) is 62.1 Å². The number of hydrogen-bond donors (Lipinski definition) is 2. The third kappa shape index (κ3) is 3.96. The molecule has 0 heterocycles. The van der Waals surface area contributed by atoms with Gasteiger partial charge in [0.2, 0.25) is 0 Å². The summed E-state index contributed by atoms with van der Waals surface area (Å²) in [6.45, 7) is 0. The number of carbonyl (C=O) groups is 1. The maximum absolute atomic E-state index is 12.8. The van der Waals surface area contributed by atoms with Crippen molar-refractivity contribution in [2.45, 2.75) is 32.1 Å². The summed E-state index contributed by atoms with van der Waals surface area (Å²) in [5, 5.41) is 2.96. The zero-order valence-corrected chi connectivity index (χ0v) is 13.7. The van der Waals surface area contributed by atoms with Gasteiger partial charge in [-0.3, -0.25) is 4.90 Å². The Labute approximate surface area is 143 Å². The van der Waals surface area contributed by atoms with E-state index in [1.165, 1.54) is 24.8 Å². The first-order valence-corrected chi connectivity index (χ1v) is 8.43. The Morgan fingerprint density at radius 1 is 0.917 bits per heavy atom. The predicted molar refractivity (Wildman–Crippen MR) is 99.1 cm³/mol. The second-order valence-electron chi connectivity index (χ2n) is 6.08. The van der Waals surface area contributed by atoms with Crippen molar-refractivity contribution in [2.75, 3.05) is 10.6 Å². The van der Waals surface area contributed by atoms with Gasteiger partial charge in [0.25, 0.3) is 0 Å². The molecule has 0 unspecified atom stereocenters. The molecule has 1 aliphatic rings. The molecule has 124 valence electrons. The molecule has 4 nitrogen and oxygen atoms in total. The lowest BCUT2D eigenvalue weighted by Gasteiger charge is -2.23. The number of para-hydroxylation sites is 1. The molecule has 3 N–H and O–H groups in total. The number of carbonyl (C=O) groups excluding carboxylic acids is 1. The maximum Gasteiger partial charge on any atom is 0.330 e. The molecule has 2 aromatic rings. The van der Waals surface area contributed by atoms with Crippen LogP contribution in [0, 0.1) is 0 Å². The van der Waals surface area contributed by atoms with Crippen molar-refractivity contribution in [1.29, 1.82) is 0 Å². The van der Waals surface area contributed by atoms with Crippen molar-refractivity contribution in [3.8, 4) is 0 Å². The second kappa shape index (κ2) is 7.68. The third-order valence-corrected chi connectivity index (χ3v) is 4.26. The first-order chi connectivity index (χ1) is 11.7. The monoisotopic (exact) mass is 321 g/mol. The molecular weight excluding hydrogens is 298 g/mol. The van der Waals surface area contributed by atoms with Crippen LogP contribution in [0.4, 0.5) is 21.9 Å². The number of benzene rings is 2. The van der Waals surface area contributed by atoms with Crippen LogP contribution in [0.3, 0.4) is 0 Å². The average Bonchev–Trinajstić information content (AvgIpc) is 2.64. The number of anilines is 3. The van der Waals surface area contributed by atoms with E-state index in [-0.39, 0.29) is 6.03 Å². The normalized spacial score (nSPS) is 14.1. The molecule has 0 saturated heterocycles. The smallest absolute Gasteiger partial charge is 0.330 e. The van der Waals surface area contributed by atoms with Crippen molar-refractivity contribution < 1.29 is 4.79 Å². The van der Waals surface area contributed by atoms with Gasteiger partial charge in [-0.2, -0.15) is 0 Å². The Kier molecular flexibility index (Phi) is 5.16. The summed E-state index contributed by atoms with van der Waals surface area (Å²) in [5.74, 6) is 0. The molecule has 3 rings (SSSR count). The topological polar surface area (TPSA) is 58.4 Å². The minimum Gasteiger partial charge on any atom is -0.399 e.